The first kappa shape index (κ1) is 12.6. The smallest absolute Gasteiger partial charge is 0.167 e. The highest BCUT2D eigenvalue weighted by molar-refractivity contribution is 5.97. The van der Waals surface area contributed by atoms with Crippen molar-refractivity contribution in [2.45, 2.75) is 32.1 Å². The van der Waals surface area contributed by atoms with Gasteiger partial charge in [-0.3, -0.25) is 4.79 Å². The number of carbonyl (C=O) groups excluding carboxylic acids is 1. The Morgan fingerprint density at radius 2 is 1.86 bits per heavy atom. The van der Waals surface area contributed by atoms with Crippen LogP contribution in [0.15, 0.2) is 36.4 Å². The van der Waals surface area contributed by atoms with Crippen molar-refractivity contribution in [3.8, 4) is 5.75 Å². The number of ether oxygens (including phenoxy) is 1. The minimum atomic E-state index is 0.197. The van der Waals surface area contributed by atoms with Crippen LogP contribution in [-0.2, 0) is 25.7 Å². The molecule has 2 aromatic carbocycles. The summed E-state index contributed by atoms with van der Waals surface area (Å²) in [6, 6.07) is 12.3. The maximum absolute atomic E-state index is 12.5. The minimum Gasteiger partial charge on any atom is -0.493 e. The van der Waals surface area contributed by atoms with Crippen LogP contribution in [0.1, 0.15) is 39.0 Å². The van der Waals surface area contributed by atoms with E-state index in [-0.39, 0.29) is 5.78 Å². The van der Waals surface area contributed by atoms with Gasteiger partial charge in [0, 0.05) is 18.4 Å². The van der Waals surface area contributed by atoms with Crippen LogP contribution in [0, 0.1) is 0 Å². The fraction of sp³-hybridized carbons (Fsp3) is 0.316. The molecule has 2 nitrogen and oxygen atoms in total. The first-order chi connectivity index (χ1) is 10.3. The van der Waals surface area contributed by atoms with Crippen molar-refractivity contribution in [3.05, 3.63) is 64.2 Å². The molecule has 0 radical (unpaired) electrons. The Balaban J connectivity index is 1.55. The second-order valence-electron chi connectivity index (χ2n) is 5.98. The summed E-state index contributed by atoms with van der Waals surface area (Å²) in [5.41, 5.74) is 6.00. The number of carbonyl (C=O) groups is 1. The van der Waals surface area contributed by atoms with E-state index in [4.69, 9.17) is 4.74 Å². The van der Waals surface area contributed by atoms with Gasteiger partial charge >= 0.3 is 0 Å². The van der Waals surface area contributed by atoms with Gasteiger partial charge in [0.25, 0.3) is 0 Å². The van der Waals surface area contributed by atoms with Crippen LogP contribution in [0.2, 0.25) is 0 Å². The average molecular weight is 278 g/mol. The Kier molecular flexibility index (Phi) is 3.03. The summed E-state index contributed by atoms with van der Waals surface area (Å²) in [6.07, 6.45) is 5.00. The molecule has 0 fully saturated rings. The molecule has 2 heteroatoms. The van der Waals surface area contributed by atoms with E-state index in [1.165, 1.54) is 24.0 Å². The molecule has 106 valence electrons. The molecule has 0 spiro atoms. The zero-order valence-corrected chi connectivity index (χ0v) is 12.0. The number of rotatable bonds is 3. The summed E-state index contributed by atoms with van der Waals surface area (Å²) < 4.78 is 5.49. The van der Waals surface area contributed by atoms with Crippen LogP contribution in [0.3, 0.4) is 0 Å². The highest BCUT2D eigenvalue weighted by Gasteiger charge is 2.16. The van der Waals surface area contributed by atoms with Gasteiger partial charge in [0.05, 0.1) is 6.61 Å². The molecule has 1 heterocycles. The predicted octanol–water partition coefficient (Wildman–Crippen LogP) is 3.54. The molecule has 0 unspecified atom stereocenters. The maximum Gasteiger partial charge on any atom is 0.167 e. The van der Waals surface area contributed by atoms with Gasteiger partial charge in [-0.2, -0.15) is 0 Å². The number of benzene rings is 2. The maximum atomic E-state index is 12.5. The molecule has 0 N–H and O–H groups in total. The summed E-state index contributed by atoms with van der Waals surface area (Å²) in [5.74, 6) is 1.13. The van der Waals surface area contributed by atoms with Crippen LogP contribution in [0.5, 0.6) is 5.75 Å². The zero-order chi connectivity index (χ0) is 14.2. The van der Waals surface area contributed by atoms with Gasteiger partial charge in [-0.1, -0.05) is 18.2 Å². The van der Waals surface area contributed by atoms with E-state index in [0.29, 0.717) is 6.42 Å². The molecule has 2 aromatic rings. The highest BCUT2D eigenvalue weighted by atomic mass is 16.5. The predicted molar refractivity (Wildman–Crippen MR) is 82.1 cm³/mol. The molecular formula is C19H18O2. The Bertz CT molecular complexity index is 716. The number of aryl methyl sites for hydroxylation is 2. The van der Waals surface area contributed by atoms with E-state index in [0.717, 1.165) is 41.9 Å². The lowest BCUT2D eigenvalue weighted by atomic mass is 9.98. The minimum absolute atomic E-state index is 0.197. The number of Topliss-reactive ketones (excluding diaryl/α,β-unsaturated/α-hetero) is 1. The van der Waals surface area contributed by atoms with Gasteiger partial charge in [-0.05, 0) is 59.7 Å². The number of hydrogen-bond donors (Lipinski definition) is 0. The Morgan fingerprint density at radius 3 is 2.81 bits per heavy atom. The van der Waals surface area contributed by atoms with E-state index in [1.54, 1.807) is 0 Å². The van der Waals surface area contributed by atoms with Crippen LogP contribution >= 0.6 is 0 Å². The fourth-order valence-electron chi connectivity index (χ4n) is 3.38. The van der Waals surface area contributed by atoms with E-state index in [9.17, 15) is 4.79 Å². The molecule has 0 bridgehead atoms. The Hall–Kier alpha value is -2.09. The van der Waals surface area contributed by atoms with Crippen molar-refractivity contribution in [3.63, 3.8) is 0 Å². The van der Waals surface area contributed by atoms with E-state index in [2.05, 4.69) is 18.2 Å². The quantitative estimate of drug-likeness (QED) is 0.803. The molecule has 0 saturated carbocycles. The van der Waals surface area contributed by atoms with Gasteiger partial charge < -0.3 is 4.74 Å². The molecule has 4 rings (SSSR count). The summed E-state index contributed by atoms with van der Waals surface area (Å²) in [6.45, 7) is 0.734. The van der Waals surface area contributed by atoms with Gasteiger partial charge in [-0.15, -0.1) is 0 Å². The lowest BCUT2D eigenvalue weighted by molar-refractivity contribution is 0.0993. The molecule has 1 aliphatic heterocycles. The van der Waals surface area contributed by atoms with Gasteiger partial charge in [0.1, 0.15) is 5.75 Å². The monoisotopic (exact) mass is 278 g/mol. The molecule has 1 aliphatic carbocycles. The first-order valence-corrected chi connectivity index (χ1v) is 7.69. The molecule has 0 amide bonds. The second-order valence-corrected chi connectivity index (χ2v) is 5.98. The standard InChI is InChI=1S/C19H18O2/c20-18(16-6-7-19-17(12-16)8-9-21-19)11-13-4-5-14-2-1-3-15(14)10-13/h4-7,10,12H,1-3,8-9,11H2. The SMILES string of the molecule is O=C(Cc1ccc2c(c1)CCC2)c1ccc2c(c1)CCO2. The topological polar surface area (TPSA) is 26.3 Å². The van der Waals surface area contributed by atoms with Crippen molar-refractivity contribution in [2.75, 3.05) is 6.61 Å². The van der Waals surface area contributed by atoms with Crippen molar-refractivity contribution < 1.29 is 9.53 Å². The Labute approximate surface area is 124 Å². The van der Waals surface area contributed by atoms with E-state index in [1.807, 2.05) is 18.2 Å². The van der Waals surface area contributed by atoms with Crippen molar-refractivity contribution in [2.24, 2.45) is 0 Å². The highest BCUT2D eigenvalue weighted by Crippen LogP contribution is 2.27. The molecule has 2 aliphatic rings. The van der Waals surface area contributed by atoms with Gasteiger partial charge in [0.2, 0.25) is 0 Å². The lowest BCUT2D eigenvalue weighted by Crippen LogP contribution is -2.04. The first-order valence-electron chi connectivity index (χ1n) is 7.69. The number of hydrogen-bond acceptors (Lipinski definition) is 2. The molecular weight excluding hydrogens is 260 g/mol. The van der Waals surface area contributed by atoms with Crippen molar-refractivity contribution >= 4 is 5.78 Å². The second kappa shape index (κ2) is 5.03. The fourth-order valence-corrected chi connectivity index (χ4v) is 3.38. The largest absolute Gasteiger partial charge is 0.493 e. The summed E-state index contributed by atoms with van der Waals surface area (Å²) in [5, 5.41) is 0. The van der Waals surface area contributed by atoms with Crippen LogP contribution in [-0.4, -0.2) is 12.4 Å². The van der Waals surface area contributed by atoms with Gasteiger partial charge in [-0.25, -0.2) is 0 Å². The lowest BCUT2D eigenvalue weighted by Gasteiger charge is -2.06. The molecule has 0 atom stereocenters. The van der Waals surface area contributed by atoms with Crippen LogP contribution in [0.4, 0.5) is 0 Å². The van der Waals surface area contributed by atoms with Crippen molar-refractivity contribution in [1.82, 2.24) is 0 Å². The summed E-state index contributed by atoms with van der Waals surface area (Å²) >= 11 is 0. The van der Waals surface area contributed by atoms with E-state index >= 15 is 0 Å². The summed E-state index contributed by atoms with van der Waals surface area (Å²) in [4.78, 5) is 12.5. The van der Waals surface area contributed by atoms with Crippen molar-refractivity contribution in [1.29, 1.82) is 0 Å². The van der Waals surface area contributed by atoms with Crippen LogP contribution in [0.25, 0.3) is 0 Å². The van der Waals surface area contributed by atoms with Crippen LogP contribution < -0.4 is 4.74 Å². The summed E-state index contributed by atoms with van der Waals surface area (Å²) in [7, 11) is 0. The third kappa shape index (κ3) is 2.35. The Morgan fingerprint density at radius 1 is 0.952 bits per heavy atom. The normalized spacial score (nSPS) is 15.4. The third-order valence-corrected chi connectivity index (χ3v) is 4.54. The number of fused-ring (bicyclic) bond motifs is 2. The average Bonchev–Trinajstić information content (AvgIpc) is 3.14. The number of ketones is 1. The zero-order valence-electron chi connectivity index (χ0n) is 12.0. The van der Waals surface area contributed by atoms with Gasteiger partial charge in [0.15, 0.2) is 5.78 Å². The molecule has 0 saturated heterocycles. The van der Waals surface area contributed by atoms with E-state index < -0.39 is 0 Å². The molecule has 21 heavy (non-hydrogen) atoms. The molecule has 0 aromatic heterocycles. The third-order valence-electron chi connectivity index (χ3n) is 4.54.